The van der Waals surface area contributed by atoms with Crippen LogP contribution in [0.15, 0.2) is 199 Å². The van der Waals surface area contributed by atoms with Gasteiger partial charge in [0.05, 0.1) is 22.6 Å². The molecular formula is C65H46N2. The molecule has 2 heterocycles. The Bertz CT molecular complexity index is 3990. The number of nitrogens with zero attached hydrogens (tertiary/aromatic N) is 2. The summed E-state index contributed by atoms with van der Waals surface area (Å²) in [5.41, 5.74) is 23.2. The van der Waals surface area contributed by atoms with E-state index in [1.54, 1.807) is 0 Å². The van der Waals surface area contributed by atoms with Gasteiger partial charge in [0.15, 0.2) is 0 Å². The molecule has 0 radical (unpaired) electrons. The number of fused-ring (bicyclic) bond motifs is 15. The summed E-state index contributed by atoms with van der Waals surface area (Å²) in [5.74, 6) is 0. The molecule has 10 aromatic carbocycles. The number of pyridine rings is 1. The predicted molar refractivity (Wildman–Crippen MR) is 282 cm³/mol. The van der Waals surface area contributed by atoms with E-state index in [1.165, 1.54) is 93.7 Å². The van der Waals surface area contributed by atoms with Crippen molar-refractivity contribution in [1.82, 2.24) is 4.98 Å². The second kappa shape index (κ2) is 13.8. The van der Waals surface area contributed by atoms with E-state index < -0.39 is 0 Å². The van der Waals surface area contributed by atoms with E-state index in [-0.39, 0.29) is 10.8 Å². The molecule has 14 rings (SSSR count). The summed E-state index contributed by atoms with van der Waals surface area (Å²) in [6.45, 7) is 9.45. The van der Waals surface area contributed by atoms with Gasteiger partial charge >= 0.3 is 0 Å². The molecule has 316 valence electrons. The smallest absolute Gasteiger partial charge is 0.0794 e. The van der Waals surface area contributed by atoms with Crippen LogP contribution < -0.4 is 0 Å². The molecule has 0 unspecified atom stereocenters. The van der Waals surface area contributed by atoms with Crippen molar-refractivity contribution in [1.29, 1.82) is 0 Å². The summed E-state index contributed by atoms with van der Waals surface area (Å²) in [6.07, 6.45) is 0.804. The summed E-state index contributed by atoms with van der Waals surface area (Å²) < 4.78 is 0. The standard InChI is InChI=1S/C65H46N2/c1-64(2)56-23-13-11-19-46(56)48-31-29-40(33-58(48)64)52-35-54-53(38-25-27-39(28-26-38)60-37-55-44-17-6-5-15-42(44)43-16-7-9-21-50(43)63(55)66-60)36-61(67-62(54)51-22-10-8-18-45(51)52)41-30-32-49-47-20-12-14-24-57(47)65(3,4)59(49)34-41/h5-36H,37H2,1-4H3. The lowest BCUT2D eigenvalue weighted by molar-refractivity contribution is 0.660. The largest absolute Gasteiger partial charge is 0.252 e. The quantitative estimate of drug-likeness (QED) is 0.162. The Morgan fingerprint density at radius 1 is 0.343 bits per heavy atom. The van der Waals surface area contributed by atoms with Gasteiger partial charge in [-0.2, -0.15) is 0 Å². The van der Waals surface area contributed by atoms with Crippen molar-refractivity contribution in [2.75, 3.05) is 0 Å². The molecule has 0 fully saturated rings. The fraction of sp³-hybridized carbons (Fsp3) is 0.108. The Labute approximate surface area is 391 Å². The first-order valence-corrected chi connectivity index (χ1v) is 23.7. The molecule has 11 aromatic rings. The zero-order chi connectivity index (χ0) is 44.8. The Balaban J connectivity index is 0.955. The van der Waals surface area contributed by atoms with Gasteiger partial charge in [-0.15, -0.1) is 0 Å². The van der Waals surface area contributed by atoms with Gasteiger partial charge in [-0.1, -0.05) is 198 Å². The molecule has 2 aliphatic carbocycles. The minimum atomic E-state index is -0.119. The minimum Gasteiger partial charge on any atom is -0.252 e. The lowest BCUT2D eigenvalue weighted by atomic mass is 9.81. The van der Waals surface area contributed by atoms with Gasteiger partial charge in [-0.3, -0.25) is 4.99 Å². The molecule has 3 aliphatic rings. The second-order valence-corrected chi connectivity index (χ2v) is 20.0. The van der Waals surface area contributed by atoms with Gasteiger partial charge in [0.25, 0.3) is 0 Å². The van der Waals surface area contributed by atoms with Crippen LogP contribution in [0.4, 0.5) is 5.69 Å². The third-order valence-electron chi connectivity index (χ3n) is 15.7. The van der Waals surface area contributed by atoms with Crippen LogP contribution in [0.25, 0.3) is 99.0 Å². The van der Waals surface area contributed by atoms with E-state index in [0.717, 1.165) is 56.5 Å². The Kier molecular flexibility index (Phi) is 7.89. The molecule has 0 saturated heterocycles. The van der Waals surface area contributed by atoms with Crippen molar-refractivity contribution >= 4 is 54.6 Å². The first kappa shape index (κ1) is 38.3. The first-order chi connectivity index (χ1) is 32.7. The van der Waals surface area contributed by atoms with Crippen molar-refractivity contribution < 1.29 is 0 Å². The highest BCUT2D eigenvalue weighted by Crippen LogP contribution is 2.52. The molecule has 0 atom stereocenters. The Morgan fingerprint density at radius 2 is 0.821 bits per heavy atom. The van der Waals surface area contributed by atoms with Gasteiger partial charge in [-0.25, -0.2) is 4.98 Å². The third-order valence-corrected chi connectivity index (χ3v) is 15.7. The summed E-state index contributed by atoms with van der Waals surface area (Å²) in [5, 5.41) is 8.57. The normalized spacial score (nSPS) is 14.8. The third kappa shape index (κ3) is 5.44. The molecule has 1 aromatic heterocycles. The number of aliphatic imine (C=N–C) groups is 1. The van der Waals surface area contributed by atoms with Crippen LogP contribution in [0, 0.1) is 0 Å². The van der Waals surface area contributed by atoms with E-state index in [9.17, 15) is 0 Å². The lowest BCUT2D eigenvalue weighted by Gasteiger charge is -2.22. The number of rotatable bonds is 4. The second-order valence-electron chi connectivity index (χ2n) is 20.0. The number of aromatic nitrogens is 1. The molecule has 67 heavy (non-hydrogen) atoms. The molecule has 2 heteroatoms. The highest BCUT2D eigenvalue weighted by Gasteiger charge is 2.37. The van der Waals surface area contributed by atoms with E-state index >= 15 is 0 Å². The average molecular weight is 855 g/mol. The fourth-order valence-electron chi connectivity index (χ4n) is 12.3. The summed E-state index contributed by atoms with van der Waals surface area (Å²) >= 11 is 0. The topological polar surface area (TPSA) is 25.2 Å². The van der Waals surface area contributed by atoms with E-state index in [0.29, 0.717) is 0 Å². The number of benzene rings is 10. The van der Waals surface area contributed by atoms with E-state index in [1.807, 2.05) is 0 Å². The minimum absolute atomic E-state index is 0.102. The van der Waals surface area contributed by atoms with Crippen LogP contribution in [0.5, 0.6) is 0 Å². The average Bonchev–Trinajstić information content (AvgIpc) is 4.00. The maximum atomic E-state index is 5.66. The Morgan fingerprint density at radius 3 is 1.49 bits per heavy atom. The fourth-order valence-corrected chi connectivity index (χ4v) is 12.3. The van der Waals surface area contributed by atoms with Gasteiger partial charge in [0.1, 0.15) is 0 Å². The molecule has 1 aliphatic heterocycles. The van der Waals surface area contributed by atoms with Crippen molar-refractivity contribution in [2.45, 2.75) is 44.9 Å². The maximum Gasteiger partial charge on any atom is 0.0794 e. The molecule has 2 nitrogen and oxygen atoms in total. The number of hydrogen-bond acceptors (Lipinski definition) is 2. The Hall–Kier alpha value is -7.94. The zero-order valence-corrected chi connectivity index (χ0v) is 38.1. The van der Waals surface area contributed by atoms with Crippen molar-refractivity contribution in [3.63, 3.8) is 0 Å². The molecule has 0 amide bonds. The highest BCUT2D eigenvalue weighted by atomic mass is 14.8. The first-order valence-electron chi connectivity index (χ1n) is 23.7. The highest BCUT2D eigenvalue weighted by molar-refractivity contribution is 6.21. The van der Waals surface area contributed by atoms with Crippen molar-refractivity contribution in [3.8, 4) is 55.8 Å². The summed E-state index contributed by atoms with van der Waals surface area (Å²) in [7, 11) is 0. The van der Waals surface area contributed by atoms with Crippen LogP contribution in [-0.2, 0) is 17.3 Å². The molecular weight excluding hydrogens is 809 g/mol. The monoisotopic (exact) mass is 854 g/mol. The lowest BCUT2D eigenvalue weighted by Crippen LogP contribution is -2.15. The van der Waals surface area contributed by atoms with Crippen LogP contribution in [-0.4, -0.2) is 10.7 Å². The predicted octanol–water partition coefficient (Wildman–Crippen LogP) is 17.0. The van der Waals surface area contributed by atoms with E-state index in [4.69, 9.17) is 9.98 Å². The molecule has 0 saturated carbocycles. The van der Waals surface area contributed by atoms with Gasteiger partial charge in [0, 0.05) is 39.0 Å². The van der Waals surface area contributed by atoms with E-state index in [2.05, 4.69) is 222 Å². The van der Waals surface area contributed by atoms with Gasteiger partial charge < -0.3 is 0 Å². The SMILES string of the molecule is CC1(C)c2ccccc2-c2ccc(-c3cc(-c4ccc(C5=Nc6c(c7ccccc7c7ccccc67)C5)cc4)c4cc(-c5ccc6c(c5)C(C)(C)c5ccccc5-6)c5ccccc5c4n3)cc21. The summed E-state index contributed by atoms with van der Waals surface area (Å²) in [4.78, 5) is 11.1. The maximum absolute atomic E-state index is 5.66. The van der Waals surface area contributed by atoms with Crippen LogP contribution in [0.3, 0.4) is 0 Å². The molecule has 0 bridgehead atoms. The van der Waals surface area contributed by atoms with Crippen molar-refractivity contribution in [2.24, 2.45) is 4.99 Å². The van der Waals surface area contributed by atoms with Crippen LogP contribution >= 0.6 is 0 Å². The number of hydrogen-bond donors (Lipinski definition) is 0. The van der Waals surface area contributed by atoms with Crippen molar-refractivity contribution in [3.05, 3.63) is 228 Å². The molecule has 0 spiro atoms. The van der Waals surface area contributed by atoms with Gasteiger partial charge in [-0.05, 0) is 124 Å². The molecule has 0 N–H and O–H groups in total. The van der Waals surface area contributed by atoms with Crippen LogP contribution in [0.1, 0.15) is 61.1 Å². The summed E-state index contributed by atoms with van der Waals surface area (Å²) in [6, 6.07) is 72.3. The van der Waals surface area contributed by atoms with Gasteiger partial charge in [0.2, 0.25) is 0 Å². The zero-order valence-electron chi connectivity index (χ0n) is 38.1. The van der Waals surface area contributed by atoms with Crippen LogP contribution in [0.2, 0.25) is 0 Å².